The maximum atomic E-state index is 11.9. The molecule has 0 N–H and O–H groups in total. The lowest BCUT2D eigenvalue weighted by atomic mass is 9.80. The lowest BCUT2D eigenvalue weighted by Gasteiger charge is -2.19. The Morgan fingerprint density at radius 1 is 1.50 bits per heavy atom. The van der Waals surface area contributed by atoms with Gasteiger partial charge >= 0.3 is 0 Å². The zero-order valence-corrected chi connectivity index (χ0v) is 8.98. The topological polar surface area (TPSA) is 40.9 Å². The van der Waals surface area contributed by atoms with E-state index in [1.54, 1.807) is 0 Å². The highest BCUT2D eigenvalue weighted by atomic mass is 16.1. The van der Waals surface area contributed by atoms with Crippen molar-refractivity contribution in [3.63, 3.8) is 0 Å². The number of nitrogens with zero attached hydrogens (tertiary/aromatic N) is 1. The molecule has 0 amide bonds. The van der Waals surface area contributed by atoms with Gasteiger partial charge in [-0.25, -0.2) is 0 Å². The van der Waals surface area contributed by atoms with Gasteiger partial charge in [-0.2, -0.15) is 5.26 Å². The van der Waals surface area contributed by atoms with Crippen molar-refractivity contribution in [1.82, 2.24) is 0 Å². The molecule has 2 saturated carbocycles. The van der Waals surface area contributed by atoms with E-state index in [1.807, 2.05) is 13.8 Å². The molecule has 2 fully saturated rings. The highest BCUT2D eigenvalue weighted by molar-refractivity contribution is 5.99. The first-order chi connectivity index (χ1) is 6.50. The summed E-state index contributed by atoms with van der Waals surface area (Å²) >= 11 is 0. The van der Waals surface area contributed by atoms with E-state index < -0.39 is 5.41 Å². The van der Waals surface area contributed by atoms with Crippen molar-refractivity contribution < 1.29 is 4.79 Å². The van der Waals surface area contributed by atoms with Gasteiger partial charge in [0, 0.05) is 11.8 Å². The summed E-state index contributed by atoms with van der Waals surface area (Å²) in [5.74, 6) is 0.143. The Bertz CT molecular complexity index is 384. The molecule has 74 valence electrons. The predicted octanol–water partition coefficient (Wildman–Crippen LogP) is 2.61. The van der Waals surface area contributed by atoms with Crippen LogP contribution in [0.5, 0.6) is 0 Å². The number of ketones is 1. The van der Waals surface area contributed by atoms with Gasteiger partial charge in [-0.15, -0.1) is 0 Å². The van der Waals surface area contributed by atoms with E-state index in [4.69, 9.17) is 0 Å². The van der Waals surface area contributed by atoms with Crippen molar-refractivity contribution in [3.05, 3.63) is 11.1 Å². The van der Waals surface area contributed by atoms with Crippen LogP contribution in [0.3, 0.4) is 0 Å². The SMILES string of the molecule is CC(C)=C1[C@]2(C#N)C(=O)CCC[C@]12C. The van der Waals surface area contributed by atoms with Gasteiger partial charge in [0.2, 0.25) is 0 Å². The molecule has 0 spiro atoms. The summed E-state index contributed by atoms with van der Waals surface area (Å²) < 4.78 is 0. The Balaban J connectivity index is 2.59. The first-order valence-corrected chi connectivity index (χ1v) is 5.13. The zero-order chi connectivity index (χ0) is 10.6. The molecule has 0 aromatic carbocycles. The maximum absolute atomic E-state index is 11.9. The summed E-state index contributed by atoms with van der Waals surface area (Å²) in [6.45, 7) is 6.08. The summed E-state index contributed by atoms with van der Waals surface area (Å²) in [6, 6.07) is 2.27. The highest BCUT2D eigenvalue weighted by Crippen LogP contribution is 2.74. The molecular weight excluding hydrogens is 174 g/mol. The lowest BCUT2D eigenvalue weighted by molar-refractivity contribution is -0.124. The average molecular weight is 189 g/mol. The van der Waals surface area contributed by atoms with E-state index in [2.05, 4.69) is 13.0 Å². The number of hydrogen-bond acceptors (Lipinski definition) is 2. The first-order valence-electron chi connectivity index (χ1n) is 5.13. The van der Waals surface area contributed by atoms with Crippen molar-refractivity contribution in [2.75, 3.05) is 0 Å². The number of Topliss-reactive ketones (excluding diaryl/α,β-unsaturated/α-hetero) is 1. The van der Waals surface area contributed by atoms with Crippen LogP contribution in [0.25, 0.3) is 0 Å². The van der Waals surface area contributed by atoms with Crippen LogP contribution in [0.4, 0.5) is 0 Å². The quantitative estimate of drug-likeness (QED) is 0.549. The number of allylic oxidation sites excluding steroid dienone is 2. The van der Waals surface area contributed by atoms with Crippen LogP contribution in [0.15, 0.2) is 11.1 Å². The smallest absolute Gasteiger partial charge is 0.158 e. The fraction of sp³-hybridized carbons (Fsp3) is 0.667. The molecule has 0 radical (unpaired) electrons. The van der Waals surface area contributed by atoms with Crippen molar-refractivity contribution in [1.29, 1.82) is 5.26 Å². The van der Waals surface area contributed by atoms with Crippen molar-refractivity contribution in [2.45, 2.75) is 40.0 Å². The Morgan fingerprint density at radius 2 is 2.14 bits per heavy atom. The van der Waals surface area contributed by atoms with E-state index >= 15 is 0 Å². The van der Waals surface area contributed by atoms with Crippen molar-refractivity contribution >= 4 is 5.78 Å². The van der Waals surface area contributed by atoms with E-state index in [0.29, 0.717) is 6.42 Å². The number of hydrogen-bond donors (Lipinski definition) is 0. The standard InChI is InChI=1S/C12H15NO/c1-8(2)10-11(3)6-4-5-9(14)12(10,11)7-13/h4-6H2,1-3H3/t11-,12+/m1/s1. The van der Waals surface area contributed by atoms with E-state index in [9.17, 15) is 10.1 Å². The molecule has 2 rings (SSSR count). The van der Waals surface area contributed by atoms with Gasteiger partial charge in [-0.05, 0) is 32.3 Å². The molecule has 2 heteroatoms. The van der Waals surface area contributed by atoms with Crippen LogP contribution in [0.1, 0.15) is 40.0 Å². The Labute approximate surface area is 84.6 Å². The third kappa shape index (κ3) is 0.744. The van der Waals surface area contributed by atoms with Gasteiger partial charge in [0.25, 0.3) is 0 Å². The second-order valence-electron chi connectivity index (χ2n) is 4.85. The predicted molar refractivity (Wildman–Crippen MR) is 53.4 cm³/mol. The van der Waals surface area contributed by atoms with Crippen LogP contribution in [0, 0.1) is 22.2 Å². The van der Waals surface area contributed by atoms with Gasteiger partial charge in [-0.3, -0.25) is 4.79 Å². The van der Waals surface area contributed by atoms with Crippen LogP contribution in [-0.2, 0) is 4.79 Å². The lowest BCUT2D eigenvalue weighted by Crippen LogP contribution is -2.25. The average Bonchev–Trinajstić information content (AvgIpc) is 2.68. The molecule has 0 aromatic heterocycles. The molecule has 14 heavy (non-hydrogen) atoms. The van der Waals surface area contributed by atoms with E-state index in [-0.39, 0.29) is 11.2 Å². The van der Waals surface area contributed by atoms with Gasteiger partial charge < -0.3 is 0 Å². The highest BCUT2D eigenvalue weighted by Gasteiger charge is 2.75. The second kappa shape index (κ2) is 2.48. The van der Waals surface area contributed by atoms with Gasteiger partial charge in [0.1, 0.15) is 5.41 Å². The third-order valence-electron chi connectivity index (χ3n) is 3.86. The Hall–Kier alpha value is -1.10. The molecule has 0 saturated heterocycles. The van der Waals surface area contributed by atoms with Crippen LogP contribution >= 0.6 is 0 Å². The number of carbonyl (C=O) groups is 1. The fourth-order valence-corrected chi connectivity index (χ4v) is 3.30. The number of carbonyl (C=O) groups excluding carboxylic acids is 1. The molecule has 2 nitrogen and oxygen atoms in total. The maximum Gasteiger partial charge on any atom is 0.158 e. The number of nitriles is 1. The minimum Gasteiger partial charge on any atom is -0.297 e. The fourth-order valence-electron chi connectivity index (χ4n) is 3.30. The monoisotopic (exact) mass is 189 g/mol. The second-order valence-corrected chi connectivity index (χ2v) is 4.85. The van der Waals surface area contributed by atoms with Crippen LogP contribution < -0.4 is 0 Å². The minimum atomic E-state index is -0.732. The first kappa shape index (κ1) is 9.45. The molecule has 0 bridgehead atoms. The van der Waals surface area contributed by atoms with E-state index in [1.165, 1.54) is 0 Å². The molecule has 0 aromatic rings. The van der Waals surface area contributed by atoms with Gasteiger partial charge in [-0.1, -0.05) is 12.5 Å². The van der Waals surface area contributed by atoms with Crippen LogP contribution in [-0.4, -0.2) is 5.78 Å². The molecule has 2 aliphatic carbocycles. The summed E-state index contributed by atoms with van der Waals surface area (Å²) in [7, 11) is 0. The summed E-state index contributed by atoms with van der Waals surface area (Å²) in [6.07, 6.45) is 2.52. The van der Waals surface area contributed by atoms with Crippen molar-refractivity contribution in [2.24, 2.45) is 10.8 Å². The zero-order valence-electron chi connectivity index (χ0n) is 8.98. The van der Waals surface area contributed by atoms with Gasteiger partial charge in [0.15, 0.2) is 5.78 Å². The summed E-state index contributed by atoms with van der Waals surface area (Å²) in [5.41, 5.74) is 1.40. The van der Waals surface area contributed by atoms with Gasteiger partial charge in [0.05, 0.1) is 6.07 Å². The number of rotatable bonds is 0. The largest absolute Gasteiger partial charge is 0.297 e. The minimum absolute atomic E-state index is 0.129. The third-order valence-corrected chi connectivity index (χ3v) is 3.86. The molecule has 2 aliphatic rings. The van der Waals surface area contributed by atoms with E-state index in [0.717, 1.165) is 24.0 Å². The van der Waals surface area contributed by atoms with Crippen molar-refractivity contribution in [3.8, 4) is 6.07 Å². The summed E-state index contributed by atoms with van der Waals surface area (Å²) in [5, 5.41) is 9.24. The molecule has 0 unspecified atom stereocenters. The molecule has 0 aliphatic heterocycles. The summed E-state index contributed by atoms with van der Waals surface area (Å²) in [4.78, 5) is 11.9. The molecular formula is C12H15NO. The Morgan fingerprint density at radius 3 is 2.57 bits per heavy atom. The molecule has 0 heterocycles. The number of fused-ring (bicyclic) bond motifs is 1. The molecule has 2 atom stereocenters. The van der Waals surface area contributed by atoms with Crippen LogP contribution in [0.2, 0.25) is 0 Å². The normalized spacial score (nSPS) is 40.1. The Kier molecular flexibility index (Phi) is 1.67.